The van der Waals surface area contributed by atoms with Crippen LogP contribution in [0.15, 0.2) is 35.9 Å². The van der Waals surface area contributed by atoms with Gasteiger partial charge in [-0.3, -0.25) is 6.08 Å². The molecule has 1 aromatic rings. The number of allylic oxidation sites excluding steroid dienone is 4. The molecule has 1 N–H and O–H groups in total. The van der Waals surface area contributed by atoms with E-state index in [1.165, 1.54) is 11.1 Å². The molecule has 0 spiro atoms. The summed E-state index contributed by atoms with van der Waals surface area (Å²) in [6.07, 6.45) is 8.63. The second-order valence-electron chi connectivity index (χ2n) is 7.75. The Morgan fingerprint density at radius 3 is 1.87 bits per heavy atom. The Hall–Kier alpha value is -0.916. The van der Waals surface area contributed by atoms with Crippen molar-refractivity contribution in [2.75, 3.05) is 0 Å². The number of benzene rings is 1. The van der Waals surface area contributed by atoms with E-state index in [9.17, 15) is 5.11 Å². The molecule has 1 aliphatic rings. The number of hydrogen-bond acceptors (Lipinski definition) is 1. The van der Waals surface area contributed by atoms with E-state index >= 15 is 0 Å². The SMILES string of the molecule is CC(C)(C)C1=[C-]CC=C1.Cc1cc(O)cc(C(C)(C)C)c1.[CH2]=[Ti+]. The Balaban J connectivity index is 0.000000392. The normalized spacial score (nSPS) is 13.5. The second-order valence-corrected chi connectivity index (χ2v) is 7.75. The van der Waals surface area contributed by atoms with Crippen molar-refractivity contribution in [3.05, 3.63) is 53.1 Å². The summed E-state index contributed by atoms with van der Waals surface area (Å²) in [5.74, 6) is 0.361. The van der Waals surface area contributed by atoms with Gasteiger partial charge in [0.15, 0.2) is 0 Å². The van der Waals surface area contributed by atoms with Crippen molar-refractivity contribution in [3.8, 4) is 5.75 Å². The van der Waals surface area contributed by atoms with E-state index < -0.39 is 0 Å². The first-order valence-electron chi connectivity index (χ1n) is 7.94. The number of aromatic hydroxyl groups is 1. The summed E-state index contributed by atoms with van der Waals surface area (Å²) in [5, 5.41) is 9.36. The molecule has 2 heteroatoms. The molecular weight excluding hydrogens is 316 g/mol. The molecule has 125 valence electrons. The molecule has 1 aromatic carbocycles. The number of hydrogen-bond donors (Lipinski definition) is 1. The van der Waals surface area contributed by atoms with Crippen LogP contribution in [0.1, 0.15) is 59.1 Å². The van der Waals surface area contributed by atoms with Crippen molar-refractivity contribution in [2.24, 2.45) is 5.41 Å². The van der Waals surface area contributed by atoms with Crippen molar-refractivity contribution in [1.29, 1.82) is 0 Å². The van der Waals surface area contributed by atoms with Crippen LogP contribution in [0.5, 0.6) is 5.75 Å². The third kappa shape index (κ3) is 8.48. The molecule has 0 amide bonds. The fourth-order valence-corrected chi connectivity index (χ4v) is 2.12. The van der Waals surface area contributed by atoms with Gasteiger partial charge < -0.3 is 5.11 Å². The average Bonchev–Trinajstić information content (AvgIpc) is 2.93. The maximum atomic E-state index is 9.36. The van der Waals surface area contributed by atoms with Gasteiger partial charge in [-0.25, -0.2) is 11.6 Å². The molecule has 1 nitrogen and oxygen atoms in total. The van der Waals surface area contributed by atoms with E-state index in [1.807, 2.05) is 13.0 Å². The fourth-order valence-electron chi connectivity index (χ4n) is 2.12. The van der Waals surface area contributed by atoms with Gasteiger partial charge in [0.25, 0.3) is 0 Å². The van der Waals surface area contributed by atoms with Crippen LogP contribution >= 0.6 is 0 Å². The van der Waals surface area contributed by atoms with E-state index in [4.69, 9.17) is 0 Å². The minimum atomic E-state index is 0.115. The minimum absolute atomic E-state index is 0.115. The first-order chi connectivity index (χ1) is 10.5. The molecule has 0 saturated heterocycles. The van der Waals surface area contributed by atoms with E-state index in [0.29, 0.717) is 11.2 Å². The molecule has 0 aliphatic heterocycles. The molecule has 0 bridgehead atoms. The Morgan fingerprint density at radius 2 is 1.57 bits per heavy atom. The predicted octanol–water partition coefficient (Wildman–Crippen LogP) is 5.69. The average molecular weight is 347 g/mol. The van der Waals surface area contributed by atoms with E-state index in [0.717, 1.165) is 12.0 Å². The van der Waals surface area contributed by atoms with Crippen molar-refractivity contribution < 1.29 is 25.1 Å². The van der Waals surface area contributed by atoms with Crippen molar-refractivity contribution in [2.45, 2.75) is 60.3 Å². The first kappa shape index (κ1) is 22.1. The van der Waals surface area contributed by atoms with Crippen LogP contribution in [0.25, 0.3) is 0 Å². The van der Waals surface area contributed by atoms with Crippen molar-refractivity contribution in [3.63, 3.8) is 0 Å². The summed E-state index contributed by atoms with van der Waals surface area (Å²) in [5.41, 5.74) is 4.05. The predicted molar refractivity (Wildman–Crippen MR) is 98.6 cm³/mol. The molecule has 0 heterocycles. The van der Waals surface area contributed by atoms with Gasteiger partial charge in [-0.2, -0.15) is 6.08 Å². The third-order valence-corrected chi connectivity index (χ3v) is 3.43. The molecule has 2 rings (SSSR count). The summed E-state index contributed by atoms with van der Waals surface area (Å²) in [4.78, 5) is 3.25. The molecule has 0 fully saturated rings. The van der Waals surface area contributed by atoms with Gasteiger partial charge in [0.05, 0.1) is 0 Å². The van der Waals surface area contributed by atoms with Gasteiger partial charge in [-0.15, -0.1) is 6.42 Å². The zero-order valence-electron chi connectivity index (χ0n) is 15.7. The van der Waals surface area contributed by atoms with Gasteiger partial charge in [-0.1, -0.05) is 47.6 Å². The number of phenols is 1. The topological polar surface area (TPSA) is 20.2 Å². The Kier molecular flexibility index (Phi) is 9.02. The van der Waals surface area contributed by atoms with Gasteiger partial charge in [0.2, 0.25) is 0 Å². The third-order valence-electron chi connectivity index (χ3n) is 3.43. The quantitative estimate of drug-likeness (QED) is 0.472. The van der Waals surface area contributed by atoms with Crippen molar-refractivity contribution in [1.82, 2.24) is 0 Å². The molecule has 0 aromatic heterocycles. The molecule has 0 saturated carbocycles. The zero-order valence-corrected chi connectivity index (χ0v) is 17.3. The molecular formula is C21H31OTi. The van der Waals surface area contributed by atoms with Gasteiger partial charge in [-0.05, 0) is 41.0 Å². The van der Waals surface area contributed by atoms with E-state index in [-0.39, 0.29) is 5.41 Å². The first-order valence-corrected chi connectivity index (χ1v) is 9.05. The van der Waals surface area contributed by atoms with Gasteiger partial charge >= 0.3 is 24.8 Å². The molecule has 23 heavy (non-hydrogen) atoms. The van der Waals surface area contributed by atoms with Crippen LogP contribution in [-0.2, 0) is 25.4 Å². The van der Waals surface area contributed by atoms with Crippen LogP contribution in [-0.4, -0.2) is 9.92 Å². The van der Waals surface area contributed by atoms with Crippen LogP contribution < -0.4 is 0 Å². The van der Waals surface area contributed by atoms with Crippen LogP contribution in [0, 0.1) is 18.4 Å². The standard InChI is InChI=1S/C11H16O.C9H13.CH2.Ti/c1-8-5-9(11(2,3)4)7-10(12)6-8;1-9(2,3)8-6-4-5-7-8;;/h5-7,12H,1-4H3;4,6H,5H2,1-3H3;1H2;/q;-1;;+1. The summed E-state index contributed by atoms with van der Waals surface area (Å²) >= 11 is 1.75. The molecule has 1 aliphatic carbocycles. The fraction of sp³-hybridized carbons (Fsp3) is 0.476. The van der Waals surface area contributed by atoms with Crippen molar-refractivity contribution >= 4 is 4.82 Å². The number of phenolic OH excluding ortho intramolecular Hbond substituents is 1. The van der Waals surface area contributed by atoms with Gasteiger partial charge in [0.1, 0.15) is 5.75 Å². The molecule has 0 unspecified atom stereocenters. The zero-order chi connectivity index (χ0) is 18.3. The molecule has 0 radical (unpaired) electrons. The summed E-state index contributed by atoms with van der Waals surface area (Å²) in [6, 6.07) is 5.71. The Morgan fingerprint density at radius 1 is 1.00 bits per heavy atom. The summed E-state index contributed by atoms with van der Waals surface area (Å²) in [7, 11) is 0. The maximum absolute atomic E-state index is 9.36. The van der Waals surface area contributed by atoms with Crippen LogP contribution in [0.3, 0.4) is 0 Å². The van der Waals surface area contributed by atoms with Crippen LogP contribution in [0.2, 0.25) is 0 Å². The number of rotatable bonds is 0. The summed E-state index contributed by atoms with van der Waals surface area (Å²) < 4.78 is 0. The molecule has 0 atom stereocenters. The van der Waals surface area contributed by atoms with E-state index in [2.05, 4.69) is 70.7 Å². The van der Waals surface area contributed by atoms with Gasteiger partial charge in [0, 0.05) is 0 Å². The van der Waals surface area contributed by atoms with Crippen LogP contribution in [0.4, 0.5) is 0 Å². The monoisotopic (exact) mass is 347 g/mol. The summed E-state index contributed by atoms with van der Waals surface area (Å²) in [6.45, 7) is 15.1. The second kappa shape index (κ2) is 9.40. The Bertz CT molecular complexity index is 534. The van der Waals surface area contributed by atoms with E-state index in [1.54, 1.807) is 26.0 Å². The Labute approximate surface area is 154 Å². The number of aryl methyl sites for hydroxylation is 1.